The molecule has 1 aromatic rings. The first-order valence-corrected chi connectivity index (χ1v) is 13.6. The molecule has 2 heterocycles. The summed E-state index contributed by atoms with van der Waals surface area (Å²) in [6.07, 6.45) is 11.9. The van der Waals surface area contributed by atoms with Crippen LogP contribution < -0.4 is 4.90 Å². The van der Waals surface area contributed by atoms with Gasteiger partial charge in [-0.15, -0.1) is 0 Å². The first kappa shape index (κ1) is 22.6. The summed E-state index contributed by atoms with van der Waals surface area (Å²) in [6.45, 7) is 2.89. The molecule has 3 fully saturated rings. The van der Waals surface area contributed by atoms with Crippen LogP contribution in [-0.2, 0) is 10.0 Å². The minimum atomic E-state index is -3.63. The van der Waals surface area contributed by atoms with E-state index in [2.05, 4.69) is 4.90 Å². The highest BCUT2D eigenvalue weighted by Gasteiger charge is 2.32. The third kappa shape index (κ3) is 4.92. The van der Waals surface area contributed by atoms with Crippen molar-refractivity contribution in [2.24, 2.45) is 0 Å². The van der Waals surface area contributed by atoms with Gasteiger partial charge in [-0.2, -0.15) is 4.31 Å². The fourth-order valence-electron chi connectivity index (χ4n) is 5.33. The molecular weight excluding hydrogens is 410 g/mol. The molecule has 1 aliphatic carbocycles. The van der Waals surface area contributed by atoms with E-state index in [1.54, 1.807) is 10.4 Å². The van der Waals surface area contributed by atoms with Gasteiger partial charge in [0, 0.05) is 44.8 Å². The Morgan fingerprint density at radius 2 is 1.45 bits per heavy atom. The van der Waals surface area contributed by atoms with Crippen molar-refractivity contribution < 1.29 is 13.2 Å². The normalized spacial score (nSPS) is 21.8. The Labute approximate surface area is 187 Å². The Morgan fingerprint density at radius 3 is 2.10 bits per heavy atom. The second-order valence-electron chi connectivity index (χ2n) is 9.40. The monoisotopic (exact) mass is 447 g/mol. The van der Waals surface area contributed by atoms with E-state index in [1.807, 2.05) is 24.1 Å². The van der Waals surface area contributed by atoms with Crippen molar-refractivity contribution in [2.45, 2.75) is 81.6 Å². The molecule has 0 bridgehead atoms. The van der Waals surface area contributed by atoms with Crippen LogP contribution >= 0.6 is 0 Å². The van der Waals surface area contributed by atoms with E-state index >= 15 is 0 Å². The summed E-state index contributed by atoms with van der Waals surface area (Å²) in [7, 11) is -1.76. The summed E-state index contributed by atoms with van der Waals surface area (Å²) in [6, 6.07) is 5.63. The maximum atomic E-state index is 13.7. The third-order valence-electron chi connectivity index (χ3n) is 7.28. The van der Waals surface area contributed by atoms with Gasteiger partial charge in [0.25, 0.3) is 5.91 Å². The van der Waals surface area contributed by atoms with Gasteiger partial charge in [0.1, 0.15) is 4.90 Å². The Kier molecular flexibility index (Phi) is 7.22. The van der Waals surface area contributed by atoms with Crippen molar-refractivity contribution in [1.29, 1.82) is 0 Å². The lowest BCUT2D eigenvalue weighted by atomic mass is 9.94. The Morgan fingerprint density at radius 1 is 0.871 bits per heavy atom. The van der Waals surface area contributed by atoms with Crippen LogP contribution in [0.2, 0.25) is 0 Å². The predicted octanol–water partition coefficient (Wildman–Crippen LogP) is 4.26. The number of benzene rings is 1. The SMILES string of the molecule is CN(C(=O)c1ccc(N2CCCCC2)c(S(=O)(=O)N2CCCCC2)c1)C1CCCCC1. The minimum Gasteiger partial charge on any atom is -0.370 e. The average Bonchev–Trinajstić information content (AvgIpc) is 2.84. The number of amides is 1. The van der Waals surface area contributed by atoms with Crippen LogP contribution in [0, 0.1) is 0 Å². The lowest BCUT2D eigenvalue weighted by molar-refractivity contribution is 0.0696. The molecule has 0 atom stereocenters. The number of nitrogens with zero attached hydrogens (tertiary/aromatic N) is 3. The zero-order chi connectivity index (χ0) is 21.8. The van der Waals surface area contributed by atoms with E-state index in [0.29, 0.717) is 23.5 Å². The van der Waals surface area contributed by atoms with Gasteiger partial charge in [0.2, 0.25) is 10.0 Å². The number of hydrogen-bond donors (Lipinski definition) is 0. The molecule has 0 spiro atoms. The summed E-state index contributed by atoms with van der Waals surface area (Å²) >= 11 is 0. The Hall–Kier alpha value is -1.60. The van der Waals surface area contributed by atoms with E-state index in [9.17, 15) is 13.2 Å². The average molecular weight is 448 g/mol. The number of carbonyl (C=O) groups excluding carboxylic acids is 1. The van der Waals surface area contributed by atoms with Crippen LogP contribution in [0.1, 0.15) is 81.0 Å². The fraction of sp³-hybridized carbons (Fsp3) is 0.708. The summed E-state index contributed by atoms with van der Waals surface area (Å²) in [5.74, 6) is -0.0628. The highest BCUT2D eigenvalue weighted by atomic mass is 32.2. The topological polar surface area (TPSA) is 60.9 Å². The molecule has 7 heteroatoms. The van der Waals surface area contributed by atoms with Crippen molar-refractivity contribution in [2.75, 3.05) is 38.1 Å². The molecule has 0 radical (unpaired) electrons. The molecule has 0 unspecified atom stereocenters. The molecule has 0 N–H and O–H groups in total. The van der Waals surface area contributed by atoms with Crippen LogP contribution in [0.3, 0.4) is 0 Å². The lowest BCUT2D eigenvalue weighted by Gasteiger charge is -2.34. The van der Waals surface area contributed by atoms with Crippen LogP contribution in [0.25, 0.3) is 0 Å². The minimum absolute atomic E-state index is 0.0628. The van der Waals surface area contributed by atoms with Crippen molar-refractivity contribution in [1.82, 2.24) is 9.21 Å². The van der Waals surface area contributed by atoms with Crippen molar-refractivity contribution in [3.05, 3.63) is 23.8 Å². The molecule has 1 saturated carbocycles. The summed E-state index contributed by atoms with van der Waals surface area (Å²) in [5, 5.41) is 0. The van der Waals surface area contributed by atoms with Gasteiger partial charge in [-0.1, -0.05) is 25.7 Å². The zero-order valence-electron chi connectivity index (χ0n) is 18.9. The standard InChI is InChI=1S/C24H37N3O3S/c1-25(21-11-5-2-6-12-21)24(28)20-13-14-22(26-15-7-3-8-16-26)23(19-20)31(29,30)27-17-9-4-10-18-27/h13-14,19,21H,2-12,15-18H2,1H3. The van der Waals surface area contributed by atoms with Crippen LogP contribution in [0.5, 0.6) is 0 Å². The van der Waals surface area contributed by atoms with Crippen LogP contribution in [-0.4, -0.2) is 62.8 Å². The van der Waals surface area contributed by atoms with Crippen molar-refractivity contribution in [3.63, 3.8) is 0 Å². The van der Waals surface area contributed by atoms with E-state index in [1.165, 1.54) is 12.8 Å². The third-order valence-corrected chi connectivity index (χ3v) is 9.21. The molecule has 1 aromatic carbocycles. The number of anilines is 1. The lowest BCUT2D eigenvalue weighted by Crippen LogP contribution is -2.39. The maximum absolute atomic E-state index is 13.7. The van der Waals surface area contributed by atoms with Crippen LogP contribution in [0.15, 0.2) is 23.1 Å². The fourth-order valence-corrected chi connectivity index (χ4v) is 7.09. The first-order chi connectivity index (χ1) is 15.0. The molecule has 3 aliphatic rings. The van der Waals surface area contributed by atoms with Crippen LogP contribution in [0.4, 0.5) is 5.69 Å². The van der Waals surface area contributed by atoms with Gasteiger partial charge < -0.3 is 9.80 Å². The second kappa shape index (κ2) is 9.90. The largest absolute Gasteiger partial charge is 0.370 e. The van der Waals surface area contributed by atoms with Gasteiger partial charge in [-0.3, -0.25) is 4.79 Å². The smallest absolute Gasteiger partial charge is 0.253 e. The number of rotatable bonds is 5. The van der Waals surface area contributed by atoms with Crippen molar-refractivity contribution >= 4 is 21.6 Å². The number of piperidine rings is 2. The number of carbonyl (C=O) groups is 1. The van der Waals surface area contributed by atoms with Gasteiger partial charge in [0.15, 0.2) is 0 Å². The molecule has 4 rings (SSSR count). The highest BCUT2D eigenvalue weighted by Crippen LogP contribution is 2.33. The molecule has 6 nitrogen and oxygen atoms in total. The number of hydrogen-bond acceptors (Lipinski definition) is 4. The van der Waals surface area contributed by atoms with Gasteiger partial charge >= 0.3 is 0 Å². The van der Waals surface area contributed by atoms with Gasteiger partial charge in [0.05, 0.1) is 5.69 Å². The molecule has 0 aromatic heterocycles. The van der Waals surface area contributed by atoms with E-state index in [0.717, 1.165) is 76.6 Å². The van der Waals surface area contributed by atoms with Gasteiger partial charge in [-0.05, 0) is 63.1 Å². The van der Waals surface area contributed by atoms with E-state index in [4.69, 9.17) is 0 Å². The van der Waals surface area contributed by atoms with E-state index < -0.39 is 10.0 Å². The first-order valence-electron chi connectivity index (χ1n) is 12.1. The molecule has 172 valence electrons. The molecule has 31 heavy (non-hydrogen) atoms. The Balaban J connectivity index is 1.68. The molecular formula is C24H37N3O3S. The summed E-state index contributed by atoms with van der Waals surface area (Å²) < 4.78 is 29.0. The zero-order valence-corrected chi connectivity index (χ0v) is 19.7. The van der Waals surface area contributed by atoms with E-state index in [-0.39, 0.29) is 11.9 Å². The quantitative estimate of drug-likeness (QED) is 0.677. The summed E-state index contributed by atoms with van der Waals surface area (Å²) in [5.41, 5.74) is 1.26. The second-order valence-corrected chi connectivity index (χ2v) is 11.3. The predicted molar refractivity (Wildman–Crippen MR) is 124 cm³/mol. The Bertz CT molecular complexity index is 868. The molecule has 1 amide bonds. The van der Waals surface area contributed by atoms with Crippen molar-refractivity contribution in [3.8, 4) is 0 Å². The maximum Gasteiger partial charge on any atom is 0.253 e. The number of sulfonamides is 1. The molecule has 2 aliphatic heterocycles. The highest BCUT2D eigenvalue weighted by molar-refractivity contribution is 7.89. The van der Waals surface area contributed by atoms with Gasteiger partial charge in [-0.25, -0.2) is 8.42 Å². The molecule has 2 saturated heterocycles. The summed E-state index contributed by atoms with van der Waals surface area (Å²) in [4.78, 5) is 17.6.